The van der Waals surface area contributed by atoms with E-state index in [1.807, 2.05) is 0 Å². The lowest BCUT2D eigenvalue weighted by Gasteiger charge is -2.27. The van der Waals surface area contributed by atoms with E-state index in [9.17, 15) is 28.0 Å². The fourth-order valence-electron chi connectivity index (χ4n) is 4.06. The summed E-state index contributed by atoms with van der Waals surface area (Å²) in [6, 6.07) is 3.44. The first-order valence-electron chi connectivity index (χ1n) is 9.42. The van der Waals surface area contributed by atoms with Gasteiger partial charge in [-0.25, -0.2) is 8.78 Å². The molecule has 154 valence electrons. The Morgan fingerprint density at radius 1 is 1.17 bits per heavy atom. The number of benzene rings is 1. The smallest absolute Gasteiger partial charge is 0.262 e. The monoisotopic (exact) mass is 406 g/mol. The third-order valence-electron chi connectivity index (χ3n) is 5.46. The Balaban J connectivity index is 1.48. The van der Waals surface area contributed by atoms with Crippen molar-refractivity contribution in [1.82, 2.24) is 20.9 Å². The summed E-state index contributed by atoms with van der Waals surface area (Å²) in [6.45, 7) is 0.154. The van der Waals surface area contributed by atoms with Gasteiger partial charge < -0.3 is 10.6 Å². The molecule has 8 nitrogen and oxygen atoms in total. The van der Waals surface area contributed by atoms with Crippen LogP contribution in [0.5, 0.6) is 0 Å². The second-order valence-electron chi connectivity index (χ2n) is 7.56. The zero-order valence-corrected chi connectivity index (χ0v) is 15.5. The topological polar surface area (TPSA) is 108 Å². The number of carbonyl (C=O) groups excluding carboxylic acids is 4. The summed E-state index contributed by atoms with van der Waals surface area (Å²) in [5.74, 6) is -4.96. The molecule has 4 rings (SSSR count). The number of nitrogens with one attached hydrogen (secondary N) is 3. The van der Waals surface area contributed by atoms with Gasteiger partial charge in [0.05, 0.1) is 17.7 Å². The van der Waals surface area contributed by atoms with E-state index in [1.54, 1.807) is 12.1 Å². The van der Waals surface area contributed by atoms with Gasteiger partial charge >= 0.3 is 0 Å². The molecule has 1 unspecified atom stereocenters. The molecule has 2 saturated heterocycles. The molecule has 4 amide bonds. The molecule has 0 saturated carbocycles. The number of hydrogen-bond acceptors (Lipinski definition) is 6. The molecular formula is C19H20F2N4O4. The van der Waals surface area contributed by atoms with Crippen molar-refractivity contribution in [3.63, 3.8) is 0 Å². The summed E-state index contributed by atoms with van der Waals surface area (Å²) < 4.78 is 26.5. The van der Waals surface area contributed by atoms with Crippen LogP contribution in [0.15, 0.2) is 18.2 Å². The fourth-order valence-corrected chi connectivity index (χ4v) is 4.06. The highest BCUT2D eigenvalue weighted by molar-refractivity contribution is 6.24. The molecule has 0 radical (unpaired) electrons. The molecule has 1 aromatic carbocycles. The first kappa shape index (κ1) is 19.6. The normalized spacial score (nSPS) is 26.1. The van der Waals surface area contributed by atoms with Gasteiger partial charge in [-0.05, 0) is 18.1 Å². The Morgan fingerprint density at radius 3 is 2.66 bits per heavy atom. The van der Waals surface area contributed by atoms with E-state index in [-0.39, 0.29) is 56.1 Å². The van der Waals surface area contributed by atoms with Crippen LogP contribution in [0.2, 0.25) is 0 Å². The number of fused-ring (bicyclic) bond motifs is 1. The number of amides is 4. The highest BCUT2D eigenvalue weighted by Crippen LogP contribution is 2.30. The van der Waals surface area contributed by atoms with E-state index in [2.05, 4.69) is 16.0 Å². The van der Waals surface area contributed by atoms with Gasteiger partial charge in [0.15, 0.2) is 0 Å². The van der Waals surface area contributed by atoms with Crippen LogP contribution in [0.3, 0.4) is 0 Å². The maximum absolute atomic E-state index is 13.3. The van der Waals surface area contributed by atoms with Crippen LogP contribution in [-0.2, 0) is 16.1 Å². The molecular weight excluding hydrogens is 386 g/mol. The summed E-state index contributed by atoms with van der Waals surface area (Å²) in [5, 5.41) is 7.96. The molecule has 3 aliphatic heterocycles. The lowest BCUT2D eigenvalue weighted by molar-refractivity contribution is -0.136. The van der Waals surface area contributed by atoms with E-state index in [4.69, 9.17) is 0 Å². The summed E-state index contributed by atoms with van der Waals surface area (Å²) >= 11 is 0. The summed E-state index contributed by atoms with van der Waals surface area (Å²) in [5.41, 5.74) is 0.962. The van der Waals surface area contributed by atoms with Gasteiger partial charge in [0.25, 0.3) is 17.7 Å². The van der Waals surface area contributed by atoms with Crippen LogP contribution < -0.4 is 16.0 Å². The fraction of sp³-hybridized carbons (Fsp3) is 0.474. The van der Waals surface area contributed by atoms with Crippen LogP contribution in [0.1, 0.15) is 45.5 Å². The Morgan fingerprint density at radius 2 is 1.97 bits per heavy atom. The number of imide groups is 2. The van der Waals surface area contributed by atoms with Crippen molar-refractivity contribution < 1.29 is 28.0 Å². The number of alkyl halides is 2. The Bertz CT molecular complexity index is 904. The predicted molar refractivity (Wildman–Crippen MR) is 96.2 cm³/mol. The van der Waals surface area contributed by atoms with Gasteiger partial charge in [-0.15, -0.1) is 0 Å². The number of piperidine rings is 1. The van der Waals surface area contributed by atoms with Crippen molar-refractivity contribution >= 4 is 23.6 Å². The third-order valence-corrected chi connectivity index (χ3v) is 5.46. The lowest BCUT2D eigenvalue weighted by atomic mass is 10.0. The largest absolute Gasteiger partial charge is 0.311 e. The van der Waals surface area contributed by atoms with Gasteiger partial charge in [0, 0.05) is 32.0 Å². The molecule has 2 fully saturated rings. The van der Waals surface area contributed by atoms with E-state index in [0.717, 1.165) is 4.90 Å². The predicted octanol–water partition coefficient (Wildman–Crippen LogP) is 0.175. The summed E-state index contributed by atoms with van der Waals surface area (Å²) in [7, 11) is 0. The molecule has 0 aliphatic carbocycles. The quantitative estimate of drug-likeness (QED) is 0.602. The molecule has 1 aromatic rings. The number of nitrogens with zero attached hydrogens (tertiary/aromatic N) is 1. The van der Waals surface area contributed by atoms with Crippen molar-refractivity contribution in [2.24, 2.45) is 0 Å². The van der Waals surface area contributed by atoms with Crippen molar-refractivity contribution in [3.8, 4) is 0 Å². The number of carbonyl (C=O) groups is 4. The van der Waals surface area contributed by atoms with E-state index in [0.29, 0.717) is 5.56 Å². The lowest BCUT2D eigenvalue weighted by Crippen LogP contribution is -2.54. The standard InChI is InChI=1S/C19H20F2N4O4/c20-19(21)6-11(23-9-19)8-22-7-10-2-1-3-12-15(10)18(29)25(17(12)28)13-4-5-14(26)24-16(13)27/h1-3,11,13,22-23H,4-9H2,(H,24,26,27)/t11-,13?/m0/s1. The van der Waals surface area contributed by atoms with Crippen molar-refractivity contribution in [1.29, 1.82) is 0 Å². The van der Waals surface area contributed by atoms with Crippen molar-refractivity contribution in [2.75, 3.05) is 13.1 Å². The number of hydrogen-bond donors (Lipinski definition) is 3. The maximum atomic E-state index is 13.3. The first-order valence-corrected chi connectivity index (χ1v) is 9.42. The minimum Gasteiger partial charge on any atom is -0.311 e. The second kappa shape index (κ2) is 7.27. The van der Waals surface area contributed by atoms with E-state index >= 15 is 0 Å². The van der Waals surface area contributed by atoms with Crippen LogP contribution in [0.4, 0.5) is 8.78 Å². The highest BCUT2D eigenvalue weighted by atomic mass is 19.3. The van der Waals surface area contributed by atoms with Gasteiger partial charge in [-0.1, -0.05) is 12.1 Å². The molecule has 0 aromatic heterocycles. The van der Waals surface area contributed by atoms with Gasteiger partial charge in [-0.2, -0.15) is 0 Å². The van der Waals surface area contributed by atoms with Crippen molar-refractivity contribution in [2.45, 2.75) is 43.8 Å². The minimum absolute atomic E-state index is 0.0528. The Kier molecular flexibility index (Phi) is 4.91. The third kappa shape index (κ3) is 3.65. The molecule has 3 aliphatic rings. The molecule has 29 heavy (non-hydrogen) atoms. The number of halogens is 2. The van der Waals surface area contributed by atoms with Gasteiger partial charge in [0.1, 0.15) is 6.04 Å². The Labute approximate surface area is 165 Å². The summed E-state index contributed by atoms with van der Waals surface area (Å²) in [4.78, 5) is 50.1. The Hall–Kier alpha value is -2.72. The zero-order valence-electron chi connectivity index (χ0n) is 15.5. The van der Waals surface area contributed by atoms with E-state index in [1.165, 1.54) is 6.07 Å². The average Bonchev–Trinajstić information content (AvgIpc) is 3.13. The minimum atomic E-state index is -2.72. The van der Waals surface area contributed by atoms with Crippen LogP contribution >= 0.6 is 0 Å². The SMILES string of the molecule is O=C1CCC(N2C(=O)c3cccc(CNC[C@@H]4CC(F)(F)CN4)c3C2=O)C(=O)N1. The summed E-state index contributed by atoms with van der Waals surface area (Å²) in [6.07, 6.45) is -0.115. The van der Waals surface area contributed by atoms with Gasteiger partial charge in [0.2, 0.25) is 11.8 Å². The first-order chi connectivity index (χ1) is 13.8. The zero-order chi connectivity index (χ0) is 20.8. The average molecular weight is 406 g/mol. The maximum Gasteiger partial charge on any atom is 0.262 e. The van der Waals surface area contributed by atoms with Crippen LogP contribution in [0, 0.1) is 0 Å². The molecule has 0 spiro atoms. The molecule has 3 N–H and O–H groups in total. The highest BCUT2D eigenvalue weighted by Gasteiger charge is 2.45. The molecule has 10 heteroatoms. The van der Waals surface area contributed by atoms with Gasteiger partial charge in [-0.3, -0.25) is 29.4 Å². The number of rotatable bonds is 5. The van der Waals surface area contributed by atoms with Crippen LogP contribution in [0.25, 0.3) is 0 Å². The van der Waals surface area contributed by atoms with Crippen molar-refractivity contribution in [3.05, 3.63) is 34.9 Å². The molecule has 2 atom stereocenters. The van der Waals surface area contributed by atoms with E-state index < -0.39 is 35.6 Å². The van der Waals surface area contributed by atoms with Crippen LogP contribution in [-0.4, -0.2) is 59.6 Å². The second-order valence-corrected chi connectivity index (χ2v) is 7.56. The molecule has 3 heterocycles. The molecule has 0 bridgehead atoms.